The summed E-state index contributed by atoms with van der Waals surface area (Å²) in [6.45, 7) is 6.26. The van der Waals surface area contributed by atoms with Gasteiger partial charge in [-0.25, -0.2) is 0 Å². The maximum atomic E-state index is 3.65. The molecule has 0 bridgehead atoms. The van der Waals surface area contributed by atoms with E-state index < -0.39 is 0 Å². The monoisotopic (exact) mass is 196 g/mol. The van der Waals surface area contributed by atoms with E-state index in [0.29, 0.717) is 0 Å². The molecule has 82 valence electrons. The van der Waals surface area contributed by atoms with Crippen molar-refractivity contribution in [2.75, 3.05) is 19.6 Å². The lowest BCUT2D eigenvalue weighted by Crippen LogP contribution is -2.48. The van der Waals surface area contributed by atoms with E-state index in [1.54, 1.807) is 0 Å². The number of nitrogens with zero attached hydrogens (tertiary/aromatic N) is 1. The predicted molar refractivity (Wildman–Crippen MR) is 60.5 cm³/mol. The van der Waals surface area contributed by atoms with Gasteiger partial charge < -0.3 is 5.32 Å². The van der Waals surface area contributed by atoms with Crippen LogP contribution in [-0.4, -0.2) is 36.6 Å². The Labute approximate surface area is 88.1 Å². The smallest absolute Gasteiger partial charge is 0.0195 e. The van der Waals surface area contributed by atoms with Crippen LogP contribution in [0.1, 0.15) is 45.4 Å². The standard InChI is InChI=1S/C12H24N2/c1-11-6-3-5-9-14(11)10-12-7-2-4-8-13-12/h11-13H,2-10H2,1H3/t11-,12-/m0/s1. The van der Waals surface area contributed by atoms with Gasteiger partial charge in [-0.2, -0.15) is 0 Å². The van der Waals surface area contributed by atoms with Gasteiger partial charge in [0.25, 0.3) is 0 Å². The molecule has 2 atom stereocenters. The average Bonchev–Trinajstić information content (AvgIpc) is 2.23. The van der Waals surface area contributed by atoms with Gasteiger partial charge in [0.05, 0.1) is 0 Å². The molecule has 2 heterocycles. The zero-order chi connectivity index (χ0) is 9.80. The Morgan fingerprint density at radius 3 is 2.71 bits per heavy atom. The lowest BCUT2D eigenvalue weighted by molar-refractivity contribution is 0.137. The summed E-state index contributed by atoms with van der Waals surface area (Å²) in [4.78, 5) is 2.69. The lowest BCUT2D eigenvalue weighted by Gasteiger charge is -2.37. The van der Waals surface area contributed by atoms with E-state index in [2.05, 4.69) is 17.1 Å². The molecular formula is C12H24N2. The fourth-order valence-corrected chi connectivity index (χ4v) is 2.79. The molecule has 2 heteroatoms. The Hall–Kier alpha value is -0.0800. The van der Waals surface area contributed by atoms with Crippen molar-refractivity contribution < 1.29 is 0 Å². The van der Waals surface area contributed by atoms with Gasteiger partial charge in [-0.1, -0.05) is 12.8 Å². The maximum Gasteiger partial charge on any atom is 0.0195 e. The Morgan fingerprint density at radius 1 is 1.14 bits per heavy atom. The molecule has 2 fully saturated rings. The molecule has 0 aromatic carbocycles. The molecule has 0 aromatic heterocycles. The maximum absolute atomic E-state index is 3.65. The number of piperidine rings is 2. The largest absolute Gasteiger partial charge is 0.313 e. The van der Waals surface area contributed by atoms with Crippen molar-refractivity contribution in [3.05, 3.63) is 0 Å². The number of nitrogens with one attached hydrogen (secondary N) is 1. The van der Waals surface area contributed by atoms with Gasteiger partial charge in [-0.15, -0.1) is 0 Å². The molecule has 0 amide bonds. The molecule has 0 unspecified atom stereocenters. The third-order valence-electron chi connectivity index (χ3n) is 3.81. The van der Waals surface area contributed by atoms with Gasteiger partial charge >= 0.3 is 0 Å². The molecular weight excluding hydrogens is 172 g/mol. The van der Waals surface area contributed by atoms with Crippen LogP contribution in [0.3, 0.4) is 0 Å². The van der Waals surface area contributed by atoms with Gasteiger partial charge in [0, 0.05) is 18.6 Å². The fraction of sp³-hybridized carbons (Fsp3) is 1.00. The van der Waals surface area contributed by atoms with Crippen molar-refractivity contribution in [2.45, 2.75) is 57.5 Å². The molecule has 0 saturated carbocycles. The van der Waals surface area contributed by atoms with Crippen molar-refractivity contribution in [2.24, 2.45) is 0 Å². The Morgan fingerprint density at radius 2 is 2.00 bits per heavy atom. The number of rotatable bonds is 2. The molecule has 2 rings (SSSR count). The molecule has 1 N–H and O–H groups in total. The van der Waals surface area contributed by atoms with Gasteiger partial charge in [0.1, 0.15) is 0 Å². The van der Waals surface area contributed by atoms with Crippen LogP contribution in [0.5, 0.6) is 0 Å². The van der Waals surface area contributed by atoms with Crippen LogP contribution < -0.4 is 5.32 Å². The summed E-state index contributed by atoms with van der Waals surface area (Å²) < 4.78 is 0. The highest BCUT2D eigenvalue weighted by atomic mass is 15.2. The SMILES string of the molecule is C[C@H]1CCCCN1C[C@@H]1CCCCN1. The first-order chi connectivity index (χ1) is 6.86. The van der Waals surface area contributed by atoms with Crippen LogP contribution in [0, 0.1) is 0 Å². The molecule has 0 aliphatic carbocycles. The lowest BCUT2D eigenvalue weighted by atomic mass is 10.00. The summed E-state index contributed by atoms with van der Waals surface area (Å²) in [6.07, 6.45) is 8.47. The van der Waals surface area contributed by atoms with Crippen molar-refractivity contribution in [3.8, 4) is 0 Å². The van der Waals surface area contributed by atoms with E-state index in [1.165, 1.54) is 58.2 Å². The second-order valence-corrected chi connectivity index (χ2v) is 4.99. The molecule has 0 aromatic rings. The van der Waals surface area contributed by atoms with Gasteiger partial charge in [-0.05, 0) is 45.7 Å². The molecule has 0 radical (unpaired) electrons. The minimum atomic E-state index is 0.782. The van der Waals surface area contributed by atoms with Crippen LogP contribution in [0.4, 0.5) is 0 Å². The van der Waals surface area contributed by atoms with E-state index in [0.717, 1.165) is 12.1 Å². The molecule has 2 aliphatic rings. The van der Waals surface area contributed by atoms with Crippen LogP contribution in [0.2, 0.25) is 0 Å². The first kappa shape index (κ1) is 10.4. The van der Waals surface area contributed by atoms with Crippen molar-refractivity contribution >= 4 is 0 Å². The highest BCUT2D eigenvalue weighted by Gasteiger charge is 2.22. The third-order valence-corrected chi connectivity index (χ3v) is 3.81. The molecule has 2 aliphatic heterocycles. The molecule has 14 heavy (non-hydrogen) atoms. The van der Waals surface area contributed by atoms with Crippen molar-refractivity contribution in [1.82, 2.24) is 10.2 Å². The van der Waals surface area contributed by atoms with Crippen molar-refractivity contribution in [1.29, 1.82) is 0 Å². The molecule has 2 nitrogen and oxygen atoms in total. The van der Waals surface area contributed by atoms with Gasteiger partial charge in [0.2, 0.25) is 0 Å². The topological polar surface area (TPSA) is 15.3 Å². The predicted octanol–water partition coefficient (Wildman–Crippen LogP) is 2.00. The normalized spacial score (nSPS) is 35.8. The summed E-state index contributed by atoms with van der Waals surface area (Å²) in [5.41, 5.74) is 0. The summed E-state index contributed by atoms with van der Waals surface area (Å²) in [5.74, 6) is 0. The Bertz CT molecular complexity index is 164. The van der Waals surface area contributed by atoms with E-state index in [4.69, 9.17) is 0 Å². The summed E-state index contributed by atoms with van der Waals surface area (Å²) >= 11 is 0. The summed E-state index contributed by atoms with van der Waals surface area (Å²) in [5, 5.41) is 3.65. The minimum Gasteiger partial charge on any atom is -0.313 e. The third kappa shape index (κ3) is 2.71. The number of hydrogen-bond donors (Lipinski definition) is 1. The summed E-state index contributed by atoms with van der Waals surface area (Å²) in [7, 11) is 0. The Balaban J connectivity index is 1.76. The first-order valence-corrected chi connectivity index (χ1v) is 6.33. The second kappa shape index (κ2) is 5.13. The highest BCUT2D eigenvalue weighted by Crippen LogP contribution is 2.18. The average molecular weight is 196 g/mol. The molecule has 0 spiro atoms. The number of hydrogen-bond acceptors (Lipinski definition) is 2. The fourth-order valence-electron chi connectivity index (χ4n) is 2.79. The van der Waals surface area contributed by atoms with E-state index >= 15 is 0 Å². The van der Waals surface area contributed by atoms with Crippen molar-refractivity contribution in [3.63, 3.8) is 0 Å². The van der Waals surface area contributed by atoms with Gasteiger partial charge in [-0.3, -0.25) is 4.90 Å². The van der Waals surface area contributed by atoms with E-state index in [9.17, 15) is 0 Å². The molecule has 2 saturated heterocycles. The van der Waals surface area contributed by atoms with Crippen LogP contribution in [-0.2, 0) is 0 Å². The van der Waals surface area contributed by atoms with Crippen LogP contribution in [0.15, 0.2) is 0 Å². The van der Waals surface area contributed by atoms with E-state index in [-0.39, 0.29) is 0 Å². The highest BCUT2D eigenvalue weighted by molar-refractivity contribution is 4.80. The summed E-state index contributed by atoms with van der Waals surface area (Å²) in [6, 6.07) is 1.61. The van der Waals surface area contributed by atoms with Crippen LogP contribution >= 0.6 is 0 Å². The van der Waals surface area contributed by atoms with Crippen LogP contribution in [0.25, 0.3) is 0 Å². The quantitative estimate of drug-likeness (QED) is 0.727. The first-order valence-electron chi connectivity index (χ1n) is 6.33. The Kier molecular flexibility index (Phi) is 3.82. The van der Waals surface area contributed by atoms with Gasteiger partial charge in [0.15, 0.2) is 0 Å². The number of likely N-dealkylation sites (tertiary alicyclic amines) is 1. The zero-order valence-corrected chi connectivity index (χ0v) is 9.47. The van der Waals surface area contributed by atoms with E-state index in [1.807, 2.05) is 0 Å². The second-order valence-electron chi connectivity index (χ2n) is 4.99. The zero-order valence-electron chi connectivity index (χ0n) is 9.47. The minimum absolute atomic E-state index is 0.782.